The summed E-state index contributed by atoms with van der Waals surface area (Å²) in [4.78, 5) is 0. The summed E-state index contributed by atoms with van der Waals surface area (Å²) < 4.78 is 0. The van der Waals surface area contributed by atoms with Gasteiger partial charge in [-0.2, -0.15) is 0 Å². The molecule has 2 nitrogen and oxygen atoms in total. The summed E-state index contributed by atoms with van der Waals surface area (Å²) in [7, 11) is 0. The van der Waals surface area contributed by atoms with Crippen LogP contribution < -0.4 is 0 Å². The van der Waals surface area contributed by atoms with Gasteiger partial charge in [-0.25, -0.2) is 0 Å². The Hall–Kier alpha value is -3.98. The minimum absolute atomic E-state index is 0.555. The number of benzene rings is 6. The molecule has 3 aliphatic carbocycles. The summed E-state index contributed by atoms with van der Waals surface area (Å²) in [5.74, 6) is 0.555. The summed E-state index contributed by atoms with van der Waals surface area (Å²) in [6.45, 7) is 6.22. The Kier molecular flexibility index (Phi) is 4.74. The largest absolute Gasteiger partial charge is 0.385 e. The molecule has 6 aromatic rings. The molecule has 0 saturated heterocycles. The quantitative estimate of drug-likeness (QED) is 0.159. The summed E-state index contributed by atoms with van der Waals surface area (Å²) in [6.07, 6.45) is 8.34. The van der Waals surface area contributed by atoms with Crippen LogP contribution in [0.15, 0.2) is 90.5 Å². The Morgan fingerprint density at radius 1 is 0.690 bits per heavy atom. The first-order valence-corrected chi connectivity index (χ1v) is 15.4. The Morgan fingerprint density at radius 3 is 2.12 bits per heavy atom. The second kappa shape index (κ2) is 8.10. The van der Waals surface area contributed by atoms with E-state index in [1.807, 2.05) is 19.9 Å². The first-order valence-electron chi connectivity index (χ1n) is 15.4. The molecule has 3 aliphatic rings. The topological polar surface area (TPSA) is 40.5 Å². The fourth-order valence-electron chi connectivity index (χ4n) is 8.76. The predicted molar refractivity (Wildman–Crippen MR) is 175 cm³/mol. The Labute approximate surface area is 245 Å². The van der Waals surface area contributed by atoms with Gasteiger partial charge in [0, 0.05) is 6.42 Å². The minimum atomic E-state index is -1.07. The SMILES string of the molecule is CCC1CC=CC2=C(C1)C(C)(O)Cc1ccc3c4ccc5c6c(ccc(c7ccc2c1c73)c64)-c1ccccc1C5(C)O. The fourth-order valence-corrected chi connectivity index (χ4v) is 8.76. The summed E-state index contributed by atoms with van der Waals surface area (Å²) in [5.41, 5.74) is 7.14. The van der Waals surface area contributed by atoms with Crippen LogP contribution in [-0.4, -0.2) is 15.8 Å². The normalized spacial score (nSPS) is 24.8. The number of hydrogen-bond acceptors (Lipinski definition) is 2. The van der Waals surface area contributed by atoms with Crippen molar-refractivity contribution in [3.05, 3.63) is 113 Å². The van der Waals surface area contributed by atoms with Crippen LogP contribution in [0.5, 0.6) is 0 Å². The third-order valence-corrected chi connectivity index (χ3v) is 10.9. The highest BCUT2D eigenvalue weighted by atomic mass is 16.3. The van der Waals surface area contributed by atoms with Gasteiger partial charge in [-0.05, 0) is 120 Å². The van der Waals surface area contributed by atoms with Crippen molar-refractivity contribution in [2.45, 2.75) is 57.7 Å². The van der Waals surface area contributed by atoms with E-state index in [2.05, 4.69) is 85.8 Å². The van der Waals surface area contributed by atoms with Crippen LogP contribution in [0.1, 0.15) is 62.3 Å². The maximum atomic E-state index is 12.0. The van der Waals surface area contributed by atoms with E-state index >= 15 is 0 Å². The van der Waals surface area contributed by atoms with Gasteiger partial charge in [0.15, 0.2) is 0 Å². The molecule has 3 atom stereocenters. The van der Waals surface area contributed by atoms with E-state index < -0.39 is 11.2 Å². The van der Waals surface area contributed by atoms with Gasteiger partial charge < -0.3 is 10.2 Å². The van der Waals surface area contributed by atoms with E-state index in [0.29, 0.717) is 12.3 Å². The average molecular weight is 547 g/mol. The number of aliphatic hydroxyl groups is 2. The van der Waals surface area contributed by atoms with Crippen molar-refractivity contribution in [2.75, 3.05) is 0 Å². The molecule has 2 heteroatoms. The lowest BCUT2D eigenvalue weighted by molar-refractivity contribution is 0.0940. The summed E-state index contributed by atoms with van der Waals surface area (Å²) in [5, 5.41) is 33.9. The predicted octanol–water partition coefficient (Wildman–Crippen LogP) is 9.41. The zero-order valence-electron chi connectivity index (χ0n) is 24.4. The van der Waals surface area contributed by atoms with E-state index in [1.165, 1.54) is 65.5 Å². The molecule has 42 heavy (non-hydrogen) atoms. The molecule has 2 N–H and O–H groups in total. The number of allylic oxidation sites excluding steroid dienone is 3. The van der Waals surface area contributed by atoms with Gasteiger partial charge in [0.1, 0.15) is 5.60 Å². The van der Waals surface area contributed by atoms with E-state index in [0.717, 1.165) is 41.3 Å². The van der Waals surface area contributed by atoms with Crippen LogP contribution in [-0.2, 0) is 12.0 Å². The van der Waals surface area contributed by atoms with Gasteiger partial charge in [-0.1, -0.05) is 98.3 Å². The molecule has 0 heterocycles. The second-order valence-corrected chi connectivity index (χ2v) is 13.3. The average Bonchev–Trinajstić information content (AvgIpc) is 3.27. The Bertz CT molecular complexity index is 2190. The summed E-state index contributed by atoms with van der Waals surface area (Å²) >= 11 is 0. The van der Waals surface area contributed by atoms with Gasteiger partial charge in [0.25, 0.3) is 0 Å². The highest BCUT2D eigenvalue weighted by Gasteiger charge is 2.38. The molecule has 0 aromatic heterocycles. The molecule has 0 radical (unpaired) electrons. The molecular weight excluding hydrogens is 512 g/mol. The van der Waals surface area contributed by atoms with Gasteiger partial charge in [0.2, 0.25) is 0 Å². The fraction of sp³-hybridized carbons (Fsp3) is 0.250. The van der Waals surface area contributed by atoms with Gasteiger partial charge in [0.05, 0.1) is 5.60 Å². The third kappa shape index (κ3) is 2.97. The standard InChI is InChI=1S/C40H34O2/c1-4-22-8-7-10-25-26-14-16-29-30-17-15-27-24-9-5-6-11-32(24)40(3,42)33-19-18-31(37(30)38(27)33)28-13-12-23(35(26)36(28)29)21-39(2,41)34(25)20-22/h5-7,9-19,22,41-42H,4,8,20-21H2,1-3H3. The van der Waals surface area contributed by atoms with Crippen LogP contribution >= 0.6 is 0 Å². The zero-order valence-corrected chi connectivity index (χ0v) is 24.4. The van der Waals surface area contributed by atoms with Crippen molar-refractivity contribution in [3.63, 3.8) is 0 Å². The van der Waals surface area contributed by atoms with E-state index in [9.17, 15) is 10.2 Å². The van der Waals surface area contributed by atoms with Gasteiger partial charge >= 0.3 is 0 Å². The second-order valence-electron chi connectivity index (χ2n) is 13.3. The number of rotatable bonds is 1. The Balaban J connectivity index is 1.44. The molecule has 6 aromatic carbocycles. The molecule has 0 saturated carbocycles. The van der Waals surface area contributed by atoms with Crippen LogP contribution in [0.4, 0.5) is 0 Å². The smallest absolute Gasteiger partial charge is 0.113 e. The molecule has 0 spiro atoms. The number of hydrogen-bond donors (Lipinski definition) is 2. The maximum absolute atomic E-state index is 12.0. The molecule has 0 bridgehead atoms. The van der Waals surface area contributed by atoms with Gasteiger partial charge in [-0.15, -0.1) is 0 Å². The van der Waals surface area contributed by atoms with Crippen LogP contribution in [0.25, 0.3) is 59.8 Å². The molecular formula is C40H34O2. The molecule has 0 aliphatic heterocycles. The molecule has 206 valence electrons. The first kappa shape index (κ1) is 24.6. The molecule has 9 rings (SSSR count). The lowest BCUT2D eigenvalue weighted by Crippen LogP contribution is -2.31. The van der Waals surface area contributed by atoms with Crippen molar-refractivity contribution in [1.29, 1.82) is 0 Å². The van der Waals surface area contributed by atoms with Crippen molar-refractivity contribution in [1.82, 2.24) is 0 Å². The first-order chi connectivity index (χ1) is 20.3. The lowest BCUT2D eigenvalue weighted by atomic mass is 9.73. The summed E-state index contributed by atoms with van der Waals surface area (Å²) in [6, 6.07) is 26.4. The van der Waals surface area contributed by atoms with Crippen molar-refractivity contribution < 1.29 is 10.2 Å². The van der Waals surface area contributed by atoms with Gasteiger partial charge in [-0.3, -0.25) is 0 Å². The van der Waals surface area contributed by atoms with Crippen LogP contribution in [0.3, 0.4) is 0 Å². The molecule has 0 amide bonds. The van der Waals surface area contributed by atoms with E-state index in [4.69, 9.17) is 0 Å². The van der Waals surface area contributed by atoms with Crippen LogP contribution in [0.2, 0.25) is 0 Å². The van der Waals surface area contributed by atoms with Crippen molar-refractivity contribution in [3.8, 4) is 11.1 Å². The highest BCUT2D eigenvalue weighted by Crippen LogP contribution is 2.53. The number of fused-ring (bicyclic) bond motifs is 5. The molecule has 0 fully saturated rings. The van der Waals surface area contributed by atoms with Crippen molar-refractivity contribution >= 4 is 48.7 Å². The van der Waals surface area contributed by atoms with E-state index in [1.54, 1.807) is 0 Å². The minimum Gasteiger partial charge on any atom is -0.385 e. The van der Waals surface area contributed by atoms with Crippen LogP contribution in [0, 0.1) is 5.92 Å². The highest BCUT2D eigenvalue weighted by molar-refractivity contribution is 6.36. The van der Waals surface area contributed by atoms with E-state index in [-0.39, 0.29) is 0 Å². The Morgan fingerprint density at radius 2 is 1.36 bits per heavy atom. The lowest BCUT2D eigenvalue weighted by Gasteiger charge is -2.34. The van der Waals surface area contributed by atoms with Crippen molar-refractivity contribution in [2.24, 2.45) is 5.92 Å². The third-order valence-electron chi connectivity index (χ3n) is 10.9. The molecule has 3 unspecified atom stereocenters. The zero-order chi connectivity index (χ0) is 28.5. The maximum Gasteiger partial charge on any atom is 0.113 e. The monoisotopic (exact) mass is 546 g/mol.